The van der Waals surface area contributed by atoms with Gasteiger partial charge in [0.05, 0.1) is 4.92 Å². The van der Waals surface area contributed by atoms with E-state index in [1.165, 1.54) is 18.2 Å². The molecule has 1 aromatic rings. The van der Waals surface area contributed by atoms with Crippen LogP contribution in [0.15, 0.2) is 24.3 Å². The Morgan fingerprint density at radius 1 is 1.59 bits per heavy atom. The minimum absolute atomic E-state index is 0.0527. The van der Waals surface area contributed by atoms with Gasteiger partial charge >= 0.3 is 5.97 Å². The van der Waals surface area contributed by atoms with E-state index in [1.54, 1.807) is 13.0 Å². The molecular weight excluding hydrogens is 226 g/mol. The monoisotopic (exact) mass is 239 g/mol. The Kier molecular flexibility index (Phi) is 4.59. The molecule has 0 aliphatic rings. The van der Waals surface area contributed by atoms with E-state index in [0.717, 1.165) is 0 Å². The van der Waals surface area contributed by atoms with E-state index in [0.29, 0.717) is 5.56 Å². The minimum Gasteiger partial charge on any atom is -0.479 e. The van der Waals surface area contributed by atoms with Gasteiger partial charge in [-0.05, 0) is 12.5 Å². The molecule has 1 aromatic carbocycles. The van der Waals surface area contributed by atoms with Crippen molar-refractivity contribution >= 4 is 11.7 Å². The lowest BCUT2D eigenvalue weighted by Gasteiger charge is -2.11. The number of non-ortho nitro benzene ring substituents is 1. The zero-order valence-electron chi connectivity index (χ0n) is 9.33. The molecule has 0 unspecified atom stereocenters. The van der Waals surface area contributed by atoms with Crippen LogP contribution in [0.3, 0.4) is 0 Å². The van der Waals surface area contributed by atoms with E-state index in [4.69, 9.17) is 9.84 Å². The Bertz CT molecular complexity index is 418. The van der Waals surface area contributed by atoms with Gasteiger partial charge in [0, 0.05) is 25.2 Å². The standard InChI is InChI=1S/C11H13NO5/c1-2-17-10(11(13)14)7-8-4-3-5-9(6-8)12(15)16/h3-6,10H,2,7H2,1H3,(H,13,14)/t10-/m1/s1. The lowest BCUT2D eigenvalue weighted by Crippen LogP contribution is -2.26. The van der Waals surface area contributed by atoms with Crippen molar-refractivity contribution in [1.29, 1.82) is 0 Å². The average Bonchev–Trinajstić information content (AvgIpc) is 2.28. The lowest BCUT2D eigenvalue weighted by molar-refractivity contribution is -0.384. The second kappa shape index (κ2) is 5.95. The number of nitro benzene ring substituents is 1. The van der Waals surface area contributed by atoms with Gasteiger partial charge in [-0.3, -0.25) is 10.1 Å². The SMILES string of the molecule is CCO[C@H](Cc1cccc([N+](=O)[O-])c1)C(=O)O. The predicted molar refractivity (Wildman–Crippen MR) is 59.9 cm³/mol. The number of nitrogens with zero attached hydrogens (tertiary/aromatic N) is 1. The third-order valence-electron chi connectivity index (χ3n) is 2.19. The number of hydrogen-bond acceptors (Lipinski definition) is 4. The summed E-state index contributed by atoms with van der Waals surface area (Å²) >= 11 is 0. The number of rotatable bonds is 6. The molecule has 0 spiro atoms. The molecule has 0 aromatic heterocycles. The summed E-state index contributed by atoms with van der Waals surface area (Å²) < 4.78 is 5.04. The first-order valence-corrected chi connectivity index (χ1v) is 5.12. The Balaban J connectivity index is 2.82. The van der Waals surface area contributed by atoms with E-state index in [-0.39, 0.29) is 18.7 Å². The summed E-state index contributed by atoms with van der Waals surface area (Å²) in [7, 11) is 0. The number of carboxylic acids is 1. The number of ether oxygens (including phenoxy) is 1. The molecule has 0 aliphatic heterocycles. The Morgan fingerprint density at radius 2 is 2.29 bits per heavy atom. The highest BCUT2D eigenvalue weighted by Gasteiger charge is 2.18. The van der Waals surface area contributed by atoms with Crippen LogP contribution < -0.4 is 0 Å². The van der Waals surface area contributed by atoms with Crippen LogP contribution in [0.5, 0.6) is 0 Å². The molecule has 0 aliphatic carbocycles. The second-order valence-corrected chi connectivity index (χ2v) is 3.41. The third-order valence-corrected chi connectivity index (χ3v) is 2.19. The molecule has 92 valence electrons. The summed E-state index contributed by atoms with van der Waals surface area (Å²) in [6.45, 7) is 1.98. The van der Waals surface area contributed by atoms with Crippen molar-refractivity contribution in [3.63, 3.8) is 0 Å². The molecule has 0 saturated carbocycles. The predicted octanol–water partition coefficient (Wildman–Crippen LogP) is 1.63. The molecule has 0 radical (unpaired) electrons. The number of carbonyl (C=O) groups is 1. The van der Waals surface area contributed by atoms with Crippen LogP contribution in [0.1, 0.15) is 12.5 Å². The first-order valence-electron chi connectivity index (χ1n) is 5.12. The molecular formula is C11H13NO5. The number of hydrogen-bond donors (Lipinski definition) is 1. The van der Waals surface area contributed by atoms with Gasteiger partial charge in [-0.1, -0.05) is 12.1 Å². The van der Waals surface area contributed by atoms with Gasteiger partial charge in [0.1, 0.15) is 0 Å². The zero-order chi connectivity index (χ0) is 12.8. The largest absolute Gasteiger partial charge is 0.479 e. The number of aliphatic carboxylic acids is 1. The van der Waals surface area contributed by atoms with Crippen LogP contribution in [-0.2, 0) is 16.0 Å². The van der Waals surface area contributed by atoms with Gasteiger partial charge in [0.2, 0.25) is 0 Å². The third kappa shape index (κ3) is 3.84. The molecule has 0 heterocycles. The molecule has 1 rings (SSSR count). The van der Waals surface area contributed by atoms with E-state index in [1.807, 2.05) is 0 Å². The van der Waals surface area contributed by atoms with Gasteiger partial charge in [-0.15, -0.1) is 0 Å². The smallest absolute Gasteiger partial charge is 0.333 e. The average molecular weight is 239 g/mol. The Morgan fingerprint density at radius 3 is 2.82 bits per heavy atom. The van der Waals surface area contributed by atoms with E-state index in [2.05, 4.69) is 0 Å². The summed E-state index contributed by atoms with van der Waals surface area (Å²) in [5.41, 5.74) is 0.517. The van der Waals surface area contributed by atoms with Gasteiger partial charge in [-0.2, -0.15) is 0 Å². The van der Waals surface area contributed by atoms with Crippen LogP contribution in [0, 0.1) is 10.1 Å². The molecule has 0 fully saturated rings. The summed E-state index contributed by atoms with van der Waals surface area (Å²) in [6, 6.07) is 5.88. The van der Waals surface area contributed by atoms with E-state index in [9.17, 15) is 14.9 Å². The van der Waals surface area contributed by atoms with Crippen molar-refractivity contribution in [2.45, 2.75) is 19.4 Å². The van der Waals surface area contributed by atoms with Crippen molar-refractivity contribution in [2.24, 2.45) is 0 Å². The molecule has 6 heteroatoms. The molecule has 1 N–H and O–H groups in total. The fraction of sp³-hybridized carbons (Fsp3) is 0.364. The molecule has 6 nitrogen and oxygen atoms in total. The van der Waals surface area contributed by atoms with Crippen LogP contribution in [-0.4, -0.2) is 28.7 Å². The van der Waals surface area contributed by atoms with E-state index < -0.39 is 17.0 Å². The molecule has 0 saturated heterocycles. The normalized spacial score (nSPS) is 12.1. The highest BCUT2D eigenvalue weighted by atomic mass is 16.6. The summed E-state index contributed by atoms with van der Waals surface area (Å²) in [5, 5.41) is 19.4. The minimum atomic E-state index is -1.07. The summed E-state index contributed by atoms with van der Waals surface area (Å²) in [4.78, 5) is 20.9. The first kappa shape index (κ1) is 13.1. The topological polar surface area (TPSA) is 89.7 Å². The van der Waals surface area contributed by atoms with Crippen LogP contribution in [0.4, 0.5) is 5.69 Å². The highest BCUT2D eigenvalue weighted by molar-refractivity contribution is 5.72. The quantitative estimate of drug-likeness (QED) is 0.601. The molecule has 0 amide bonds. The van der Waals surface area contributed by atoms with Gasteiger partial charge in [-0.25, -0.2) is 4.79 Å². The van der Waals surface area contributed by atoms with Crippen molar-refractivity contribution in [1.82, 2.24) is 0 Å². The highest BCUT2D eigenvalue weighted by Crippen LogP contribution is 2.15. The maximum Gasteiger partial charge on any atom is 0.333 e. The van der Waals surface area contributed by atoms with Crippen molar-refractivity contribution < 1.29 is 19.6 Å². The van der Waals surface area contributed by atoms with Crippen LogP contribution in [0.2, 0.25) is 0 Å². The molecule has 0 bridgehead atoms. The van der Waals surface area contributed by atoms with Crippen molar-refractivity contribution in [2.75, 3.05) is 6.61 Å². The van der Waals surface area contributed by atoms with Gasteiger partial charge in [0.15, 0.2) is 6.10 Å². The van der Waals surface area contributed by atoms with Crippen molar-refractivity contribution in [3.8, 4) is 0 Å². The number of benzene rings is 1. The van der Waals surface area contributed by atoms with Gasteiger partial charge in [0.25, 0.3) is 5.69 Å². The maximum absolute atomic E-state index is 10.9. The maximum atomic E-state index is 10.9. The zero-order valence-corrected chi connectivity index (χ0v) is 9.33. The number of carboxylic acid groups (broad SMARTS) is 1. The van der Waals surface area contributed by atoms with E-state index >= 15 is 0 Å². The van der Waals surface area contributed by atoms with Crippen LogP contribution >= 0.6 is 0 Å². The Hall–Kier alpha value is -1.95. The summed E-state index contributed by atoms with van der Waals surface area (Å²) in [5.74, 6) is -1.07. The first-order chi connectivity index (χ1) is 8.04. The lowest BCUT2D eigenvalue weighted by atomic mass is 10.1. The second-order valence-electron chi connectivity index (χ2n) is 3.41. The Labute approximate surface area is 98.0 Å². The fourth-order valence-electron chi connectivity index (χ4n) is 1.43. The number of nitro groups is 1. The molecule has 1 atom stereocenters. The fourth-order valence-corrected chi connectivity index (χ4v) is 1.43. The van der Waals surface area contributed by atoms with Gasteiger partial charge < -0.3 is 9.84 Å². The molecule has 17 heavy (non-hydrogen) atoms. The van der Waals surface area contributed by atoms with Crippen molar-refractivity contribution in [3.05, 3.63) is 39.9 Å². The van der Waals surface area contributed by atoms with Crippen LogP contribution in [0.25, 0.3) is 0 Å². The summed E-state index contributed by atoms with van der Waals surface area (Å²) in [6.07, 6.45) is -0.854.